The Morgan fingerprint density at radius 1 is 1.45 bits per heavy atom. The summed E-state index contributed by atoms with van der Waals surface area (Å²) in [7, 11) is 1.96. The van der Waals surface area contributed by atoms with Crippen molar-refractivity contribution >= 4 is 5.84 Å². The fourth-order valence-electron chi connectivity index (χ4n) is 2.72. The molecule has 0 radical (unpaired) electrons. The minimum atomic E-state index is -0.296. The number of amidine groups is 1. The Kier molecular flexibility index (Phi) is 4.37. The molecule has 0 saturated heterocycles. The van der Waals surface area contributed by atoms with Gasteiger partial charge >= 0.3 is 0 Å². The first-order valence-corrected chi connectivity index (χ1v) is 7.22. The van der Waals surface area contributed by atoms with Crippen LogP contribution in [0.5, 0.6) is 5.75 Å². The first-order chi connectivity index (χ1) is 10.4. The summed E-state index contributed by atoms with van der Waals surface area (Å²) in [6.45, 7) is 6.15. The van der Waals surface area contributed by atoms with Gasteiger partial charge in [0.25, 0.3) is 0 Å². The lowest BCUT2D eigenvalue weighted by Crippen LogP contribution is -2.41. The second-order valence-electron chi connectivity index (χ2n) is 6.08. The molecule has 0 fully saturated rings. The summed E-state index contributed by atoms with van der Waals surface area (Å²) < 4.78 is 6.03. The van der Waals surface area contributed by atoms with Crippen LogP contribution in [-0.2, 0) is 0 Å². The molecule has 0 amide bonds. The van der Waals surface area contributed by atoms with Gasteiger partial charge in [0, 0.05) is 19.0 Å². The smallest absolute Gasteiger partial charge is 0.128 e. The second-order valence-corrected chi connectivity index (χ2v) is 6.08. The quantitative estimate of drug-likeness (QED) is 0.477. The first-order valence-electron chi connectivity index (χ1n) is 7.22. The Balaban J connectivity index is 2.44. The first kappa shape index (κ1) is 15.9. The number of rotatable bonds is 2. The molecule has 0 bridgehead atoms. The maximum atomic E-state index is 9.13. The molecule has 1 aromatic carbocycles. The summed E-state index contributed by atoms with van der Waals surface area (Å²) in [4.78, 5) is 6.31. The van der Waals surface area contributed by atoms with Crippen molar-refractivity contribution in [2.45, 2.75) is 38.8 Å². The molecule has 1 atom stereocenters. The van der Waals surface area contributed by atoms with Crippen molar-refractivity contribution in [3.8, 4) is 17.9 Å². The summed E-state index contributed by atoms with van der Waals surface area (Å²) in [5, 5.41) is 17.8. The number of nitrogens with zero attached hydrogens (tertiary/aromatic N) is 4. The minimum Gasteiger partial charge on any atom is -0.487 e. The van der Waals surface area contributed by atoms with Gasteiger partial charge in [-0.3, -0.25) is 4.99 Å². The van der Waals surface area contributed by atoms with E-state index < -0.39 is 0 Å². The van der Waals surface area contributed by atoms with Crippen molar-refractivity contribution in [3.05, 3.63) is 29.3 Å². The minimum absolute atomic E-state index is 0.0643. The third-order valence-corrected chi connectivity index (χ3v) is 3.93. The van der Waals surface area contributed by atoms with E-state index in [-0.39, 0.29) is 18.2 Å². The molecular formula is C17H20N4O. The molecule has 1 heterocycles. The highest BCUT2D eigenvalue weighted by molar-refractivity contribution is 5.80. The van der Waals surface area contributed by atoms with Crippen LogP contribution in [0, 0.1) is 22.7 Å². The maximum Gasteiger partial charge on any atom is 0.128 e. The molecule has 1 unspecified atom stereocenters. The lowest BCUT2D eigenvalue weighted by molar-refractivity contribution is 0.0517. The Hall–Kier alpha value is -2.53. The highest BCUT2D eigenvalue weighted by Crippen LogP contribution is 2.42. The number of hydrogen-bond acceptors (Lipinski definition) is 4. The average molecular weight is 296 g/mol. The lowest BCUT2D eigenvalue weighted by Gasteiger charge is -2.42. The standard InChI is InChI=1S/C17H20N4O/c1-12(20-8-7-18)21(4)15-10-17(2,3)22-16-6-5-13(11-19)9-14(15)16/h5-6,9,15H,8,10H2,1-4H3. The second kappa shape index (κ2) is 6.07. The van der Waals surface area contributed by atoms with Crippen LogP contribution in [0.15, 0.2) is 23.2 Å². The van der Waals surface area contributed by atoms with Gasteiger partial charge < -0.3 is 9.64 Å². The van der Waals surface area contributed by atoms with Crippen molar-refractivity contribution in [2.24, 2.45) is 4.99 Å². The molecule has 1 aliphatic rings. The van der Waals surface area contributed by atoms with Crippen molar-refractivity contribution in [2.75, 3.05) is 13.6 Å². The SMILES string of the molecule is CC(=NCC#N)N(C)C1CC(C)(C)Oc2ccc(C#N)cc21. The van der Waals surface area contributed by atoms with Crippen molar-refractivity contribution in [1.29, 1.82) is 10.5 Å². The number of aliphatic imine (C=N–C) groups is 1. The third kappa shape index (κ3) is 3.20. The van der Waals surface area contributed by atoms with Gasteiger partial charge in [0.05, 0.1) is 29.6 Å². The third-order valence-electron chi connectivity index (χ3n) is 3.93. The van der Waals surface area contributed by atoms with E-state index in [0.717, 1.165) is 23.6 Å². The van der Waals surface area contributed by atoms with Crippen LogP contribution >= 0.6 is 0 Å². The maximum absolute atomic E-state index is 9.13. The lowest BCUT2D eigenvalue weighted by atomic mass is 9.88. The van der Waals surface area contributed by atoms with E-state index in [1.54, 1.807) is 6.07 Å². The zero-order valence-electron chi connectivity index (χ0n) is 13.4. The number of benzene rings is 1. The van der Waals surface area contributed by atoms with Gasteiger partial charge in [-0.2, -0.15) is 10.5 Å². The Bertz CT molecular complexity index is 679. The van der Waals surface area contributed by atoms with E-state index in [4.69, 9.17) is 15.3 Å². The number of fused-ring (bicyclic) bond motifs is 1. The zero-order valence-corrected chi connectivity index (χ0v) is 13.4. The van der Waals surface area contributed by atoms with Gasteiger partial charge in [0.2, 0.25) is 0 Å². The van der Waals surface area contributed by atoms with E-state index in [0.29, 0.717) is 5.56 Å². The molecule has 1 aliphatic heterocycles. The van der Waals surface area contributed by atoms with Crippen molar-refractivity contribution in [3.63, 3.8) is 0 Å². The molecule has 5 heteroatoms. The molecule has 5 nitrogen and oxygen atoms in total. The van der Waals surface area contributed by atoms with E-state index >= 15 is 0 Å². The summed E-state index contributed by atoms with van der Waals surface area (Å²) in [5.41, 5.74) is 1.31. The van der Waals surface area contributed by atoms with Gasteiger partial charge in [0.15, 0.2) is 0 Å². The number of hydrogen-bond donors (Lipinski definition) is 0. The molecule has 0 spiro atoms. The van der Waals surface area contributed by atoms with Crippen LogP contribution in [0.25, 0.3) is 0 Å². The number of ether oxygens (including phenoxy) is 1. The van der Waals surface area contributed by atoms with Gasteiger partial charge in [0.1, 0.15) is 17.9 Å². The average Bonchev–Trinajstić information content (AvgIpc) is 2.49. The van der Waals surface area contributed by atoms with Gasteiger partial charge in [-0.25, -0.2) is 0 Å². The Morgan fingerprint density at radius 3 is 2.82 bits per heavy atom. The Morgan fingerprint density at radius 2 is 2.18 bits per heavy atom. The van der Waals surface area contributed by atoms with Crippen LogP contribution in [-0.4, -0.2) is 29.9 Å². The predicted molar refractivity (Wildman–Crippen MR) is 84.6 cm³/mol. The van der Waals surface area contributed by atoms with Crippen LogP contribution < -0.4 is 4.74 Å². The molecule has 0 aromatic heterocycles. The van der Waals surface area contributed by atoms with E-state index in [9.17, 15) is 0 Å². The van der Waals surface area contributed by atoms with Gasteiger partial charge in [-0.1, -0.05) is 0 Å². The molecule has 0 saturated carbocycles. The molecule has 114 valence electrons. The van der Waals surface area contributed by atoms with E-state index in [1.807, 2.05) is 32.2 Å². The fourth-order valence-corrected chi connectivity index (χ4v) is 2.72. The van der Waals surface area contributed by atoms with Crippen molar-refractivity contribution < 1.29 is 4.74 Å². The fraction of sp³-hybridized carbons (Fsp3) is 0.471. The topological polar surface area (TPSA) is 72.4 Å². The van der Waals surface area contributed by atoms with E-state index in [1.165, 1.54) is 0 Å². The molecule has 0 aliphatic carbocycles. The van der Waals surface area contributed by atoms with Crippen LogP contribution in [0.4, 0.5) is 0 Å². The van der Waals surface area contributed by atoms with Crippen LogP contribution in [0.1, 0.15) is 44.4 Å². The van der Waals surface area contributed by atoms with E-state index in [2.05, 4.69) is 29.8 Å². The normalized spacial score (nSPS) is 19.4. The van der Waals surface area contributed by atoms with Crippen LogP contribution in [0.3, 0.4) is 0 Å². The highest BCUT2D eigenvalue weighted by Gasteiger charge is 2.36. The Labute approximate surface area is 131 Å². The summed E-state index contributed by atoms with van der Waals surface area (Å²) in [6.07, 6.45) is 0.783. The monoisotopic (exact) mass is 296 g/mol. The largest absolute Gasteiger partial charge is 0.487 e. The zero-order chi connectivity index (χ0) is 16.3. The number of nitriles is 2. The van der Waals surface area contributed by atoms with Gasteiger partial charge in [-0.15, -0.1) is 0 Å². The molecular weight excluding hydrogens is 276 g/mol. The summed E-state index contributed by atoms with van der Waals surface area (Å²) in [6, 6.07) is 9.77. The van der Waals surface area contributed by atoms with Crippen LogP contribution in [0.2, 0.25) is 0 Å². The van der Waals surface area contributed by atoms with Crippen molar-refractivity contribution in [1.82, 2.24) is 4.90 Å². The highest BCUT2D eigenvalue weighted by atomic mass is 16.5. The summed E-state index contributed by atoms with van der Waals surface area (Å²) in [5.74, 6) is 1.61. The molecule has 0 N–H and O–H groups in total. The molecule has 22 heavy (non-hydrogen) atoms. The predicted octanol–water partition coefficient (Wildman–Crippen LogP) is 3.03. The van der Waals surface area contributed by atoms with Gasteiger partial charge in [-0.05, 0) is 39.0 Å². The molecule has 1 aromatic rings. The summed E-state index contributed by atoms with van der Waals surface area (Å²) >= 11 is 0. The molecule has 2 rings (SSSR count).